The van der Waals surface area contributed by atoms with Gasteiger partial charge in [0.25, 0.3) is 0 Å². The lowest BCUT2D eigenvalue weighted by Crippen LogP contribution is -2.49. The molecule has 2 N–H and O–H groups in total. The van der Waals surface area contributed by atoms with Crippen LogP contribution >= 0.6 is 11.8 Å². The first-order valence-corrected chi connectivity index (χ1v) is 7.31. The summed E-state index contributed by atoms with van der Waals surface area (Å²) in [6.07, 6.45) is 1.12. The number of nitrogens with one attached hydrogen (secondary N) is 2. The van der Waals surface area contributed by atoms with Gasteiger partial charge >= 0.3 is 0 Å². The van der Waals surface area contributed by atoms with E-state index in [2.05, 4.69) is 48.7 Å². The van der Waals surface area contributed by atoms with Crippen LogP contribution in [0.1, 0.15) is 19.4 Å². The molecule has 0 amide bonds. The molecule has 2 rings (SSSR count). The highest BCUT2D eigenvalue weighted by Gasteiger charge is 2.12. The second-order valence-corrected chi connectivity index (χ2v) is 6.52. The van der Waals surface area contributed by atoms with Gasteiger partial charge in [-0.2, -0.15) is 0 Å². The number of hydrogen-bond donors (Lipinski definition) is 2. The van der Waals surface area contributed by atoms with E-state index >= 15 is 0 Å². The van der Waals surface area contributed by atoms with Crippen LogP contribution in [0, 0.1) is 0 Å². The molecule has 0 radical (unpaired) electrons. The zero-order chi connectivity index (χ0) is 12.1. The summed E-state index contributed by atoms with van der Waals surface area (Å²) in [6.45, 7) is 7.74. The van der Waals surface area contributed by atoms with E-state index in [0.717, 1.165) is 26.1 Å². The smallest absolute Gasteiger partial charge is 0.0233 e. The second kappa shape index (κ2) is 6.43. The minimum Gasteiger partial charge on any atom is -0.314 e. The Morgan fingerprint density at radius 1 is 1.24 bits per heavy atom. The summed E-state index contributed by atoms with van der Waals surface area (Å²) in [5.41, 5.74) is 1.43. The molecule has 1 saturated heterocycles. The molecule has 1 unspecified atom stereocenters. The van der Waals surface area contributed by atoms with Gasteiger partial charge in [0, 0.05) is 35.8 Å². The standard InChI is InChI=1S/C14H22N2S/c1-11(2)17-14-5-3-12(4-6-14)9-13-10-15-7-8-16-13/h3-6,11,13,15-16H,7-10H2,1-2H3. The Bertz CT molecular complexity index is 329. The average Bonchev–Trinajstić information content (AvgIpc) is 2.32. The van der Waals surface area contributed by atoms with Gasteiger partial charge < -0.3 is 10.6 Å². The maximum atomic E-state index is 3.55. The zero-order valence-corrected chi connectivity index (χ0v) is 11.5. The Labute approximate surface area is 109 Å². The van der Waals surface area contributed by atoms with Gasteiger partial charge in [0.05, 0.1) is 0 Å². The minimum absolute atomic E-state index is 0.590. The topological polar surface area (TPSA) is 24.1 Å². The number of hydrogen-bond acceptors (Lipinski definition) is 3. The van der Waals surface area contributed by atoms with Gasteiger partial charge in [0.15, 0.2) is 0 Å². The summed E-state index contributed by atoms with van der Waals surface area (Å²) in [6, 6.07) is 9.61. The molecular formula is C14H22N2S. The van der Waals surface area contributed by atoms with Crippen molar-refractivity contribution in [3.8, 4) is 0 Å². The summed E-state index contributed by atoms with van der Waals surface area (Å²) in [7, 11) is 0. The predicted octanol–water partition coefficient (Wildman–Crippen LogP) is 2.29. The van der Waals surface area contributed by atoms with Crippen LogP contribution in [0.5, 0.6) is 0 Å². The third kappa shape index (κ3) is 4.34. The molecule has 1 atom stereocenters. The molecule has 1 fully saturated rings. The largest absolute Gasteiger partial charge is 0.314 e. The van der Waals surface area contributed by atoms with E-state index < -0.39 is 0 Å². The van der Waals surface area contributed by atoms with E-state index in [4.69, 9.17) is 0 Å². The molecule has 0 bridgehead atoms. The predicted molar refractivity (Wildman–Crippen MR) is 75.8 cm³/mol. The molecular weight excluding hydrogens is 228 g/mol. The second-order valence-electron chi connectivity index (χ2n) is 4.87. The van der Waals surface area contributed by atoms with Crippen molar-refractivity contribution in [1.82, 2.24) is 10.6 Å². The van der Waals surface area contributed by atoms with E-state index in [9.17, 15) is 0 Å². The summed E-state index contributed by atoms with van der Waals surface area (Å²) >= 11 is 1.93. The highest BCUT2D eigenvalue weighted by Crippen LogP contribution is 2.23. The third-order valence-corrected chi connectivity index (χ3v) is 3.92. The minimum atomic E-state index is 0.590. The molecule has 1 aromatic rings. The fourth-order valence-electron chi connectivity index (χ4n) is 2.12. The van der Waals surface area contributed by atoms with E-state index in [1.165, 1.54) is 10.5 Å². The van der Waals surface area contributed by atoms with Crippen LogP contribution in [-0.2, 0) is 6.42 Å². The summed E-state index contributed by atoms with van der Waals surface area (Å²) in [5, 5.41) is 7.63. The lowest BCUT2D eigenvalue weighted by molar-refractivity contribution is 0.416. The van der Waals surface area contributed by atoms with Crippen LogP contribution in [0.4, 0.5) is 0 Å². The first-order valence-electron chi connectivity index (χ1n) is 6.44. The lowest BCUT2D eigenvalue weighted by Gasteiger charge is -2.24. The molecule has 1 aliphatic heterocycles. The fourth-order valence-corrected chi connectivity index (χ4v) is 2.96. The van der Waals surface area contributed by atoms with Gasteiger partial charge in [-0.1, -0.05) is 26.0 Å². The van der Waals surface area contributed by atoms with Gasteiger partial charge in [0.2, 0.25) is 0 Å². The molecule has 0 aromatic heterocycles. The van der Waals surface area contributed by atoms with Crippen molar-refractivity contribution in [2.45, 2.75) is 36.5 Å². The average molecular weight is 250 g/mol. The molecule has 17 heavy (non-hydrogen) atoms. The van der Waals surface area contributed by atoms with Crippen LogP contribution < -0.4 is 10.6 Å². The zero-order valence-electron chi connectivity index (χ0n) is 10.7. The molecule has 0 saturated carbocycles. The van der Waals surface area contributed by atoms with Crippen molar-refractivity contribution in [2.75, 3.05) is 19.6 Å². The first kappa shape index (κ1) is 12.9. The number of benzene rings is 1. The summed E-state index contributed by atoms with van der Waals surface area (Å²) in [4.78, 5) is 1.37. The van der Waals surface area contributed by atoms with Crippen LogP contribution in [0.25, 0.3) is 0 Å². The van der Waals surface area contributed by atoms with Crippen molar-refractivity contribution < 1.29 is 0 Å². The van der Waals surface area contributed by atoms with Gasteiger partial charge in [0.1, 0.15) is 0 Å². The van der Waals surface area contributed by atoms with E-state index in [1.807, 2.05) is 11.8 Å². The first-order chi connectivity index (χ1) is 8.24. The molecule has 1 heterocycles. The number of piperazine rings is 1. The molecule has 94 valence electrons. The van der Waals surface area contributed by atoms with E-state index in [0.29, 0.717) is 11.3 Å². The Balaban J connectivity index is 1.88. The van der Waals surface area contributed by atoms with E-state index in [-0.39, 0.29) is 0 Å². The Kier molecular flexibility index (Phi) is 4.89. The fraction of sp³-hybridized carbons (Fsp3) is 0.571. The maximum Gasteiger partial charge on any atom is 0.0233 e. The van der Waals surface area contributed by atoms with Gasteiger partial charge in [-0.15, -0.1) is 11.8 Å². The van der Waals surface area contributed by atoms with Crippen molar-refractivity contribution in [1.29, 1.82) is 0 Å². The summed E-state index contributed by atoms with van der Waals surface area (Å²) < 4.78 is 0. The number of thioether (sulfide) groups is 1. The van der Waals surface area contributed by atoms with Crippen LogP contribution in [0.3, 0.4) is 0 Å². The van der Waals surface area contributed by atoms with Crippen molar-refractivity contribution in [2.24, 2.45) is 0 Å². The maximum absolute atomic E-state index is 3.55. The van der Waals surface area contributed by atoms with Crippen LogP contribution in [0.15, 0.2) is 29.2 Å². The molecule has 1 aromatic carbocycles. The lowest BCUT2D eigenvalue weighted by atomic mass is 10.1. The Hall–Kier alpha value is -0.510. The Morgan fingerprint density at radius 2 is 2.00 bits per heavy atom. The molecule has 0 spiro atoms. The quantitative estimate of drug-likeness (QED) is 0.802. The third-order valence-electron chi connectivity index (χ3n) is 2.90. The highest BCUT2D eigenvalue weighted by atomic mass is 32.2. The molecule has 0 aliphatic carbocycles. The van der Waals surface area contributed by atoms with Crippen molar-refractivity contribution >= 4 is 11.8 Å². The highest BCUT2D eigenvalue weighted by molar-refractivity contribution is 7.99. The van der Waals surface area contributed by atoms with Crippen molar-refractivity contribution in [3.05, 3.63) is 29.8 Å². The summed E-state index contributed by atoms with van der Waals surface area (Å²) in [5.74, 6) is 0. The van der Waals surface area contributed by atoms with Crippen LogP contribution in [-0.4, -0.2) is 30.9 Å². The molecule has 3 heteroatoms. The van der Waals surface area contributed by atoms with Gasteiger partial charge in [-0.3, -0.25) is 0 Å². The number of rotatable bonds is 4. The SMILES string of the molecule is CC(C)Sc1ccc(CC2CNCCN2)cc1. The Morgan fingerprint density at radius 3 is 2.59 bits per heavy atom. The van der Waals surface area contributed by atoms with E-state index in [1.54, 1.807) is 0 Å². The molecule has 1 aliphatic rings. The monoisotopic (exact) mass is 250 g/mol. The van der Waals surface area contributed by atoms with Crippen molar-refractivity contribution in [3.63, 3.8) is 0 Å². The van der Waals surface area contributed by atoms with Gasteiger partial charge in [-0.25, -0.2) is 0 Å². The van der Waals surface area contributed by atoms with Gasteiger partial charge in [-0.05, 0) is 24.1 Å². The normalized spacial score (nSPS) is 20.8. The molecule has 2 nitrogen and oxygen atoms in total. The van der Waals surface area contributed by atoms with Crippen LogP contribution in [0.2, 0.25) is 0 Å².